The lowest BCUT2D eigenvalue weighted by atomic mass is 10.3. The predicted octanol–water partition coefficient (Wildman–Crippen LogP) is 2.42. The molecule has 1 aliphatic rings. The number of hydrogen-bond acceptors (Lipinski definition) is 5. The van der Waals surface area contributed by atoms with Crippen LogP contribution < -0.4 is 10.2 Å². The molecule has 1 N–H and O–H groups in total. The summed E-state index contributed by atoms with van der Waals surface area (Å²) in [6.45, 7) is 5.75. The van der Waals surface area contributed by atoms with E-state index in [1.54, 1.807) is 18.2 Å². The first kappa shape index (κ1) is 14.7. The summed E-state index contributed by atoms with van der Waals surface area (Å²) >= 11 is 0. The third kappa shape index (κ3) is 3.33. The molecule has 0 atom stereocenters. The van der Waals surface area contributed by atoms with Gasteiger partial charge in [0, 0.05) is 32.2 Å². The van der Waals surface area contributed by atoms with Gasteiger partial charge >= 0.3 is 0 Å². The van der Waals surface area contributed by atoms with Crippen molar-refractivity contribution >= 4 is 17.3 Å². The monoisotopic (exact) mass is 301 g/mol. The first-order valence-electron chi connectivity index (χ1n) is 7.42. The number of likely N-dealkylation sites (N-methyl/N-ethyl adjacent to an activating group) is 1. The van der Waals surface area contributed by atoms with E-state index in [9.17, 15) is 4.39 Å². The summed E-state index contributed by atoms with van der Waals surface area (Å²) in [5.41, 5.74) is 0.421. The molecule has 1 aliphatic heterocycles. The van der Waals surface area contributed by atoms with Crippen LogP contribution in [0.4, 0.5) is 21.7 Å². The number of para-hydroxylation sites is 1. The van der Waals surface area contributed by atoms with E-state index in [0.29, 0.717) is 17.3 Å². The van der Waals surface area contributed by atoms with E-state index in [0.717, 1.165) is 32.0 Å². The molecule has 6 heteroatoms. The molecule has 0 unspecified atom stereocenters. The zero-order valence-electron chi connectivity index (χ0n) is 12.9. The number of aryl methyl sites for hydroxylation is 1. The van der Waals surface area contributed by atoms with Gasteiger partial charge in [0.1, 0.15) is 23.3 Å². The Labute approximate surface area is 129 Å². The van der Waals surface area contributed by atoms with Crippen LogP contribution in [0.1, 0.15) is 5.82 Å². The van der Waals surface area contributed by atoms with Gasteiger partial charge in [0.05, 0.1) is 5.69 Å². The van der Waals surface area contributed by atoms with Crippen LogP contribution in [0.5, 0.6) is 0 Å². The van der Waals surface area contributed by atoms with E-state index < -0.39 is 0 Å². The zero-order chi connectivity index (χ0) is 15.5. The Hall–Kier alpha value is -2.21. The van der Waals surface area contributed by atoms with E-state index in [-0.39, 0.29) is 5.82 Å². The summed E-state index contributed by atoms with van der Waals surface area (Å²) in [4.78, 5) is 13.4. The number of rotatable bonds is 3. The predicted molar refractivity (Wildman–Crippen MR) is 86.2 cm³/mol. The number of benzene rings is 1. The molecule has 0 spiro atoms. The summed E-state index contributed by atoms with van der Waals surface area (Å²) < 4.78 is 13.8. The van der Waals surface area contributed by atoms with Crippen LogP contribution in [0.3, 0.4) is 0 Å². The van der Waals surface area contributed by atoms with Gasteiger partial charge in [-0.2, -0.15) is 0 Å². The van der Waals surface area contributed by atoms with Gasteiger partial charge in [0.15, 0.2) is 0 Å². The molecule has 0 amide bonds. The molecule has 2 aromatic rings. The molecular formula is C16H20FN5. The molecule has 0 bridgehead atoms. The molecule has 0 aliphatic carbocycles. The molecule has 1 aromatic carbocycles. The van der Waals surface area contributed by atoms with Gasteiger partial charge in [-0.15, -0.1) is 0 Å². The lowest BCUT2D eigenvalue weighted by Gasteiger charge is -2.33. The largest absolute Gasteiger partial charge is 0.354 e. The molecular weight excluding hydrogens is 281 g/mol. The highest BCUT2D eigenvalue weighted by Gasteiger charge is 2.16. The SMILES string of the molecule is Cc1nc(Nc2ccccc2F)cc(N2CCN(C)CC2)n1. The van der Waals surface area contributed by atoms with Crippen LogP contribution in [0.15, 0.2) is 30.3 Å². The number of nitrogens with one attached hydrogen (secondary N) is 1. The second-order valence-electron chi connectivity index (χ2n) is 5.55. The van der Waals surface area contributed by atoms with Crippen molar-refractivity contribution in [2.75, 3.05) is 43.4 Å². The lowest BCUT2D eigenvalue weighted by Crippen LogP contribution is -2.44. The zero-order valence-corrected chi connectivity index (χ0v) is 12.9. The van der Waals surface area contributed by atoms with Crippen molar-refractivity contribution in [2.45, 2.75) is 6.92 Å². The number of nitrogens with zero attached hydrogens (tertiary/aromatic N) is 4. The van der Waals surface area contributed by atoms with Gasteiger partial charge in [-0.1, -0.05) is 12.1 Å². The molecule has 22 heavy (non-hydrogen) atoms. The topological polar surface area (TPSA) is 44.3 Å². The third-order valence-electron chi connectivity index (χ3n) is 3.79. The van der Waals surface area contributed by atoms with Crippen molar-refractivity contribution < 1.29 is 4.39 Å². The van der Waals surface area contributed by atoms with Crippen LogP contribution in [-0.4, -0.2) is 48.1 Å². The maximum Gasteiger partial charge on any atom is 0.146 e. The number of piperazine rings is 1. The fourth-order valence-corrected chi connectivity index (χ4v) is 2.51. The standard InChI is InChI=1S/C16H20FN5/c1-12-18-15(20-14-6-4-3-5-13(14)17)11-16(19-12)22-9-7-21(2)8-10-22/h3-6,11H,7-10H2,1-2H3,(H,18,19,20). The smallest absolute Gasteiger partial charge is 0.146 e. The van der Waals surface area contributed by atoms with Gasteiger partial charge in [0.2, 0.25) is 0 Å². The second kappa shape index (κ2) is 6.27. The van der Waals surface area contributed by atoms with Crippen LogP contribution in [0.25, 0.3) is 0 Å². The number of hydrogen-bond donors (Lipinski definition) is 1. The van der Waals surface area contributed by atoms with Crippen LogP contribution in [0.2, 0.25) is 0 Å². The normalized spacial score (nSPS) is 15.9. The van der Waals surface area contributed by atoms with E-state index in [1.807, 2.05) is 13.0 Å². The van der Waals surface area contributed by atoms with Crippen molar-refractivity contribution in [1.29, 1.82) is 0 Å². The molecule has 3 rings (SSSR count). The Morgan fingerprint density at radius 2 is 1.82 bits per heavy atom. The Morgan fingerprint density at radius 1 is 1.09 bits per heavy atom. The molecule has 1 fully saturated rings. The average Bonchev–Trinajstić information content (AvgIpc) is 2.50. The van der Waals surface area contributed by atoms with Gasteiger partial charge in [-0.05, 0) is 26.1 Å². The molecule has 0 radical (unpaired) electrons. The molecule has 5 nitrogen and oxygen atoms in total. The fraction of sp³-hybridized carbons (Fsp3) is 0.375. The Bertz CT molecular complexity index is 653. The Kier molecular flexibility index (Phi) is 4.20. The van der Waals surface area contributed by atoms with Crippen LogP contribution >= 0.6 is 0 Å². The Morgan fingerprint density at radius 3 is 2.55 bits per heavy atom. The van der Waals surface area contributed by atoms with Crippen LogP contribution in [-0.2, 0) is 0 Å². The lowest BCUT2D eigenvalue weighted by molar-refractivity contribution is 0.312. The maximum absolute atomic E-state index is 13.8. The van der Waals surface area contributed by atoms with E-state index >= 15 is 0 Å². The molecule has 2 heterocycles. The first-order chi connectivity index (χ1) is 10.6. The third-order valence-corrected chi connectivity index (χ3v) is 3.79. The van der Waals surface area contributed by atoms with Crippen molar-refractivity contribution in [3.63, 3.8) is 0 Å². The number of aromatic nitrogens is 2. The minimum atomic E-state index is -0.292. The highest BCUT2D eigenvalue weighted by molar-refractivity contribution is 5.60. The van der Waals surface area contributed by atoms with Gasteiger partial charge in [0.25, 0.3) is 0 Å². The summed E-state index contributed by atoms with van der Waals surface area (Å²) in [7, 11) is 2.12. The van der Waals surface area contributed by atoms with Gasteiger partial charge < -0.3 is 15.1 Å². The van der Waals surface area contributed by atoms with E-state index in [1.165, 1.54) is 6.07 Å². The first-order valence-corrected chi connectivity index (χ1v) is 7.42. The van der Waals surface area contributed by atoms with Gasteiger partial charge in [-0.3, -0.25) is 0 Å². The fourth-order valence-electron chi connectivity index (χ4n) is 2.51. The quantitative estimate of drug-likeness (QED) is 0.943. The minimum absolute atomic E-state index is 0.292. The number of anilines is 3. The summed E-state index contributed by atoms with van der Waals surface area (Å²) in [5, 5.41) is 3.04. The van der Waals surface area contributed by atoms with Crippen LogP contribution in [0, 0.1) is 12.7 Å². The van der Waals surface area contributed by atoms with Crippen molar-refractivity contribution in [2.24, 2.45) is 0 Å². The highest BCUT2D eigenvalue weighted by Crippen LogP contribution is 2.22. The van der Waals surface area contributed by atoms with E-state index in [2.05, 4.69) is 32.1 Å². The maximum atomic E-state index is 13.8. The van der Waals surface area contributed by atoms with Crippen molar-refractivity contribution in [1.82, 2.24) is 14.9 Å². The number of halogens is 1. The summed E-state index contributed by atoms with van der Waals surface area (Å²) in [6.07, 6.45) is 0. The second-order valence-corrected chi connectivity index (χ2v) is 5.55. The average molecular weight is 301 g/mol. The molecule has 1 saturated heterocycles. The molecule has 0 saturated carbocycles. The van der Waals surface area contributed by atoms with Crippen molar-refractivity contribution in [3.8, 4) is 0 Å². The summed E-state index contributed by atoms with van der Waals surface area (Å²) in [5.74, 6) is 1.89. The molecule has 116 valence electrons. The van der Waals surface area contributed by atoms with E-state index in [4.69, 9.17) is 0 Å². The van der Waals surface area contributed by atoms with Gasteiger partial charge in [-0.25, -0.2) is 14.4 Å². The van der Waals surface area contributed by atoms with Crippen molar-refractivity contribution in [3.05, 3.63) is 42.0 Å². The molecule has 1 aromatic heterocycles. The highest BCUT2D eigenvalue weighted by atomic mass is 19.1. The summed E-state index contributed by atoms with van der Waals surface area (Å²) in [6, 6.07) is 8.47. The Balaban J connectivity index is 1.82. The minimum Gasteiger partial charge on any atom is -0.354 e.